The fraction of sp³-hybridized carbons (Fsp3) is 0.300. The van der Waals surface area contributed by atoms with Crippen molar-refractivity contribution in [3.8, 4) is 16.9 Å². The molecule has 0 saturated carbocycles. The van der Waals surface area contributed by atoms with Crippen molar-refractivity contribution >= 4 is 22.9 Å². The van der Waals surface area contributed by atoms with Gasteiger partial charge in [0.1, 0.15) is 11.4 Å². The van der Waals surface area contributed by atoms with Gasteiger partial charge in [-0.05, 0) is 74.3 Å². The van der Waals surface area contributed by atoms with Crippen molar-refractivity contribution in [3.05, 3.63) is 95.3 Å². The molecule has 0 N–H and O–H groups in total. The number of fused-ring (bicyclic) bond motifs is 1. The number of benzene rings is 2. The summed E-state index contributed by atoms with van der Waals surface area (Å²) in [4.78, 5) is 16.2. The van der Waals surface area contributed by atoms with Crippen LogP contribution in [0.15, 0.2) is 79.0 Å². The number of halogens is 1. The van der Waals surface area contributed by atoms with Gasteiger partial charge in [0.05, 0.1) is 11.6 Å². The van der Waals surface area contributed by atoms with Crippen LogP contribution in [-0.2, 0) is 0 Å². The van der Waals surface area contributed by atoms with Crippen LogP contribution in [-0.4, -0.2) is 41.3 Å². The zero-order valence-electron chi connectivity index (χ0n) is 20.5. The predicted molar refractivity (Wildman–Crippen MR) is 145 cm³/mol. The molecule has 0 bridgehead atoms. The number of ketones is 1. The fourth-order valence-corrected chi connectivity index (χ4v) is 4.76. The zero-order valence-corrected chi connectivity index (χ0v) is 21.3. The molecule has 4 rings (SSSR count). The Hall–Kier alpha value is -3.08. The normalized spacial score (nSPS) is 11.3. The molecule has 182 valence electrons. The molecule has 0 radical (unpaired) electrons. The van der Waals surface area contributed by atoms with Crippen LogP contribution < -0.4 is 4.74 Å². The molecule has 5 heteroatoms. The van der Waals surface area contributed by atoms with Crippen LogP contribution in [0.4, 0.5) is 0 Å². The molecule has 2 aromatic heterocycles. The van der Waals surface area contributed by atoms with Gasteiger partial charge >= 0.3 is 0 Å². The highest BCUT2D eigenvalue weighted by molar-refractivity contribution is 6.32. The topological polar surface area (TPSA) is 34.0 Å². The van der Waals surface area contributed by atoms with Crippen LogP contribution in [0.2, 0.25) is 5.02 Å². The summed E-state index contributed by atoms with van der Waals surface area (Å²) in [7, 11) is 0. The number of carbonyl (C=O) groups excluding carboxylic acids is 1. The Bertz CT molecular complexity index is 1260. The van der Waals surface area contributed by atoms with E-state index in [9.17, 15) is 4.79 Å². The lowest BCUT2D eigenvalue weighted by Crippen LogP contribution is -2.27. The van der Waals surface area contributed by atoms with Crippen LogP contribution >= 0.6 is 11.6 Å². The molecule has 0 atom stereocenters. The highest BCUT2D eigenvalue weighted by Gasteiger charge is 2.21. The summed E-state index contributed by atoms with van der Waals surface area (Å²) >= 11 is 6.56. The third-order valence-corrected chi connectivity index (χ3v) is 6.42. The Kier molecular flexibility index (Phi) is 8.62. The third kappa shape index (κ3) is 5.95. The highest BCUT2D eigenvalue weighted by atomic mass is 35.5. The Morgan fingerprint density at radius 1 is 0.914 bits per heavy atom. The van der Waals surface area contributed by atoms with Gasteiger partial charge in [-0.1, -0.05) is 61.8 Å². The summed E-state index contributed by atoms with van der Waals surface area (Å²) in [6, 6.07) is 23.3. The maximum atomic E-state index is 13.7. The number of hydrogen-bond acceptors (Lipinski definition) is 3. The molecule has 0 spiro atoms. The molecule has 0 aliphatic heterocycles. The molecule has 0 aliphatic carbocycles. The second kappa shape index (κ2) is 12.1. The van der Waals surface area contributed by atoms with E-state index in [4.69, 9.17) is 16.3 Å². The number of nitrogens with zero attached hydrogens (tertiary/aromatic N) is 2. The van der Waals surface area contributed by atoms with Crippen LogP contribution in [0, 0.1) is 0 Å². The van der Waals surface area contributed by atoms with E-state index in [1.165, 1.54) is 0 Å². The number of hydrogen-bond donors (Lipinski definition) is 0. The Balaban J connectivity index is 1.52. The van der Waals surface area contributed by atoms with Crippen molar-refractivity contribution in [2.75, 3.05) is 26.2 Å². The van der Waals surface area contributed by atoms with Crippen molar-refractivity contribution in [2.24, 2.45) is 0 Å². The van der Waals surface area contributed by atoms with Gasteiger partial charge in [0.2, 0.25) is 5.78 Å². The van der Waals surface area contributed by atoms with E-state index in [1.807, 2.05) is 65.2 Å². The average molecular weight is 489 g/mol. The van der Waals surface area contributed by atoms with Crippen molar-refractivity contribution in [3.63, 3.8) is 0 Å². The van der Waals surface area contributed by atoms with Gasteiger partial charge in [0, 0.05) is 29.4 Å². The summed E-state index contributed by atoms with van der Waals surface area (Å²) in [6.45, 7) is 8.26. The number of ether oxygens (including phenoxy) is 1. The van der Waals surface area contributed by atoms with Gasteiger partial charge in [0.15, 0.2) is 0 Å². The number of pyridine rings is 1. The molecule has 2 aromatic carbocycles. The fourth-order valence-electron chi connectivity index (χ4n) is 4.53. The molecule has 4 nitrogen and oxygen atoms in total. The summed E-state index contributed by atoms with van der Waals surface area (Å²) in [5, 5.41) is 0.456. The van der Waals surface area contributed by atoms with Crippen molar-refractivity contribution < 1.29 is 9.53 Å². The molecule has 2 heterocycles. The van der Waals surface area contributed by atoms with Gasteiger partial charge in [-0.2, -0.15) is 0 Å². The summed E-state index contributed by atoms with van der Waals surface area (Å²) < 4.78 is 7.90. The van der Waals surface area contributed by atoms with E-state index in [0.717, 1.165) is 55.5 Å². The van der Waals surface area contributed by atoms with Gasteiger partial charge in [-0.15, -0.1) is 0 Å². The molecular formula is C30H33ClN2O2. The lowest BCUT2D eigenvalue weighted by molar-refractivity contribution is 0.103. The van der Waals surface area contributed by atoms with Crippen LogP contribution in [0.3, 0.4) is 0 Å². The lowest BCUT2D eigenvalue weighted by Gasteiger charge is -2.20. The van der Waals surface area contributed by atoms with E-state index >= 15 is 0 Å². The average Bonchev–Trinajstić information content (AvgIpc) is 3.27. The standard InChI is InChI=1S/C30H33ClN2O2/c1-3-16-32(17-4-2)18-10-20-35-28-15-14-24(21-27(28)31)30(34)29-26(23-11-6-5-7-12-23)22-25-13-8-9-19-33(25)29/h5-9,11-15,19,21-22H,3-4,10,16-18,20H2,1-2H3. The molecular weight excluding hydrogens is 456 g/mol. The third-order valence-electron chi connectivity index (χ3n) is 6.13. The summed E-state index contributed by atoms with van der Waals surface area (Å²) in [6.07, 6.45) is 5.18. The smallest absolute Gasteiger partial charge is 0.210 e. The number of aromatic nitrogens is 1. The quantitative estimate of drug-likeness (QED) is 0.154. The van der Waals surface area contributed by atoms with E-state index in [1.54, 1.807) is 12.1 Å². The first-order valence-electron chi connectivity index (χ1n) is 12.5. The Morgan fingerprint density at radius 3 is 2.37 bits per heavy atom. The maximum absolute atomic E-state index is 13.7. The van der Waals surface area contributed by atoms with E-state index in [-0.39, 0.29) is 5.78 Å². The van der Waals surface area contributed by atoms with Gasteiger partial charge in [0.25, 0.3) is 0 Å². The summed E-state index contributed by atoms with van der Waals surface area (Å²) in [5.41, 5.74) is 4.05. The van der Waals surface area contributed by atoms with Crippen molar-refractivity contribution in [2.45, 2.75) is 33.1 Å². The van der Waals surface area contributed by atoms with E-state index in [0.29, 0.717) is 28.6 Å². The van der Waals surface area contributed by atoms with Crippen LogP contribution in [0.1, 0.15) is 49.2 Å². The van der Waals surface area contributed by atoms with Crippen LogP contribution in [0.5, 0.6) is 5.75 Å². The van der Waals surface area contributed by atoms with Crippen molar-refractivity contribution in [1.29, 1.82) is 0 Å². The first kappa shape index (κ1) is 25.0. The number of rotatable bonds is 12. The highest BCUT2D eigenvalue weighted by Crippen LogP contribution is 2.32. The summed E-state index contributed by atoms with van der Waals surface area (Å²) in [5.74, 6) is 0.544. The number of carbonyl (C=O) groups is 1. The van der Waals surface area contributed by atoms with Crippen molar-refractivity contribution in [1.82, 2.24) is 9.30 Å². The van der Waals surface area contributed by atoms with E-state index < -0.39 is 0 Å². The van der Waals surface area contributed by atoms with Crippen LogP contribution in [0.25, 0.3) is 16.6 Å². The molecule has 35 heavy (non-hydrogen) atoms. The minimum Gasteiger partial charge on any atom is -0.492 e. The van der Waals surface area contributed by atoms with E-state index in [2.05, 4.69) is 24.8 Å². The lowest BCUT2D eigenvalue weighted by atomic mass is 10.0. The molecule has 0 unspecified atom stereocenters. The SMILES string of the molecule is CCCN(CCC)CCCOc1ccc(C(=O)c2c(-c3ccccc3)cc3ccccn23)cc1Cl. The van der Waals surface area contributed by atoms with Gasteiger partial charge < -0.3 is 14.0 Å². The molecule has 0 fully saturated rings. The Labute approximate surface area is 213 Å². The molecule has 0 aliphatic rings. The van der Waals surface area contributed by atoms with Gasteiger partial charge in [-0.3, -0.25) is 4.79 Å². The first-order chi connectivity index (χ1) is 17.1. The molecule has 4 aromatic rings. The predicted octanol–water partition coefficient (Wildman–Crippen LogP) is 7.38. The molecule has 0 saturated heterocycles. The maximum Gasteiger partial charge on any atom is 0.210 e. The second-order valence-electron chi connectivity index (χ2n) is 8.79. The first-order valence-corrected chi connectivity index (χ1v) is 12.8. The minimum atomic E-state index is -0.0710. The second-order valence-corrected chi connectivity index (χ2v) is 9.19. The zero-order chi connectivity index (χ0) is 24.6. The molecule has 0 amide bonds. The Morgan fingerprint density at radius 2 is 1.66 bits per heavy atom. The van der Waals surface area contributed by atoms with Gasteiger partial charge in [-0.25, -0.2) is 0 Å². The monoisotopic (exact) mass is 488 g/mol. The minimum absolute atomic E-state index is 0.0710. The largest absolute Gasteiger partial charge is 0.492 e.